The summed E-state index contributed by atoms with van der Waals surface area (Å²) < 4.78 is 2.60. The van der Waals surface area contributed by atoms with Gasteiger partial charge in [0.05, 0.1) is 51.2 Å². The van der Waals surface area contributed by atoms with Crippen LogP contribution in [0.15, 0.2) is 249 Å². The van der Waals surface area contributed by atoms with Crippen LogP contribution in [-0.2, 0) is 23.7 Å². The number of aromatic nitrogens is 3. The monoisotopic (exact) mass is 959 g/mol. The van der Waals surface area contributed by atoms with Crippen LogP contribution in [0.3, 0.4) is 0 Å². The molecule has 0 saturated heterocycles. The Balaban J connectivity index is 1.16. The lowest BCUT2D eigenvalue weighted by molar-refractivity contribution is 0.485. The van der Waals surface area contributed by atoms with Gasteiger partial charge in [-0.05, 0) is 122 Å². The van der Waals surface area contributed by atoms with E-state index in [9.17, 15) is 0 Å². The number of nitrogens with zero attached hydrogens (tertiary/aromatic N) is 3. The molecule has 15 rings (SSSR count). The first-order valence-electron chi connectivity index (χ1n) is 26.8. The Kier molecular flexibility index (Phi) is 10.1. The molecule has 13 aromatic rings. The Morgan fingerprint density at radius 3 is 1.00 bits per heavy atom. The Hall–Kier alpha value is -8.92. The molecule has 0 atom stereocenters. The Bertz CT molecular complexity index is 3910. The highest BCUT2D eigenvalue weighted by Gasteiger charge is 2.45. The van der Waals surface area contributed by atoms with Crippen LogP contribution in [0.5, 0.6) is 0 Å². The maximum absolute atomic E-state index is 5.80. The third kappa shape index (κ3) is 6.40. The molecule has 3 nitrogen and oxygen atoms in total. The van der Waals surface area contributed by atoms with Crippen LogP contribution in [0.25, 0.3) is 82.6 Å². The molecule has 2 aliphatic carbocycles. The topological polar surface area (TPSA) is 30.2 Å². The molecule has 0 amide bonds. The van der Waals surface area contributed by atoms with E-state index in [1.165, 1.54) is 116 Å². The molecule has 75 heavy (non-hydrogen) atoms. The van der Waals surface area contributed by atoms with Gasteiger partial charge in [-0.25, -0.2) is 0 Å². The fourth-order valence-corrected chi connectivity index (χ4v) is 14.2. The first-order valence-corrected chi connectivity index (χ1v) is 26.8. The third-order valence-electron chi connectivity index (χ3n) is 17.3. The summed E-state index contributed by atoms with van der Waals surface area (Å²) in [6.07, 6.45) is 10.3. The van der Waals surface area contributed by atoms with Gasteiger partial charge in [0, 0.05) is 21.5 Å². The summed E-state index contributed by atoms with van der Waals surface area (Å²) in [5, 5.41) is 5.19. The second-order valence-electron chi connectivity index (χ2n) is 20.9. The number of fused-ring (bicyclic) bond motifs is 10. The summed E-state index contributed by atoms with van der Waals surface area (Å²) in [4.78, 5) is 11.6. The molecule has 0 radical (unpaired) electrons. The minimum atomic E-state index is -0.431. The van der Waals surface area contributed by atoms with E-state index in [0.717, 1.165) is 49.6 Å². The largest absolute Gasteiger partial charge is 0.305 e. The van der Waals surface area contributed by atoms with Crippen molar-refractivity contribution in [2.24, 2.45) is 0 Å². The molecule has 0 bridgehead atoms. The van der Waals surface area contributed by atoms with Gasteiger partial charge in [-0.15, -0.1) is 0 Å². The molecule has 3 heteroatoms. The maximum atomic E-state index is 5.80. The predicted molar refractivity (Wildman–Crippen MR) is 310 cm³/mol. The maximum Gasteiger partial charge on any atom is 0.0728 e. The van der Waals surface area contributed by atoms with Crippen molar-refractivity contribution in [3.05, 3.63) is 294 Å². The van der Waals surface area contributed by atoms with Crippen molar-refractivity contribution in [3.8, 4) is 44.5 Å². The Morgan fingerprint density at radius 1 is 0.320 bits per heavy atom. The summed E-state index contributed by atoms with van der Waals surface area (Å²) in [5.41, 5.74) is 22.6. The molecule has 0 spiro atoms. The lowest BCUT2D eigenvalue weighted by Gasteiger charge is -2.40. The summed E-state index contributed by atoms with van der Waals surface area (Å²) in [5.74, 6) is 0. The van der Waals surface area contributed by atoms with Crippen LogP contribution in [-0.4, -0.2) is 14.4 Å². The highest BCUT2D eigenvalue weighted by molar-refractivity contribution is 6.32. The molecular weight excluding hydrogens is 907 g/mol. The lowest BCUT2D eigenvalue weighted by Crippen LogP contribution is -2.35. The van der Waals surface area contributed by atoms with Crippen LogP contribution >= 0.6 is 0 Å². The smallest absolute Gasteiger partial charge is 0.0728 e. The fraction of sp³-hybridized carbons (Fsp3) is 0.111. The summed E-state index contributed by atoms with van der Waals surface area (Å²) >= 11 is 0. The molecule has 0 saturated carbocycles. The molecule has 2 aliphatic rings. The van der Waals surface area contributed by atoms with Crippen LogP contribution in [0.4, 0.5) is 0 Å². The van der Waals surface area contributed by atoms with Crippen molar-refractivity contribution in [1.82, 2.24) is 14.4 Å². The second kappa shape index (κ2) is 17.4. The van der Waals surface area contributed by atoms with Gasteiger partial charge in [0.2, 0.25) is 0 Å². The van der Waals surface area contributed by atoms with Crippen LogP contribution in [0, 0.1) is 0 Å². The normalized spacial score (nSPS) is 14.8. The molecule has 0 aliphatic heterocycles. The number of aryl methyl sites for hydroxylation is 2. The molecule has 0 N–H and O–H groups in total. The third-order valence-corrected chi connectivity index (χ3v) is 17.3. The number of pyridine rings is 2. The molecule has 4 heterocycles. The van der Waals surface area contributed by atoms with Crippen molar-refractivity contribution in [2.75, 3.05) is 0 Å². The van der Waals surface area contributed by atoms with Gasteiger partial charge in [0.25, 0.3) is 0 Å². The molecule has 0 unspecified atom stereocenters. The SMILES string of the molecule is c1ccc(-c2ccccc2-c2cc(-c3ccccc3-c3ccccc3)c3c4c5c(ncc4n4c6cnc7c(c6c2c34)CCCC7(c2ccccc2)c2ccccc2)C(c2ccccc2)(c2ccccc2)CCC5)cc1. The van der Waals surface area contributed by atoms with E-state index in [0.29, 0.717) is 0 Å². The van der Waals surface area contributed by atoms with Crippen LogP contribution in [0.1, 0.15) is 70.5 Å². The average Bonchev–Trinajstić information content (AvgIpc) is 4.11. The van der Waals surface area contributed by atoms with Crippen LogP contribution < -0.4 is 0 Å². The fourth-order valence-electron chi connectivity index (χ4n) is 14.2. The minimum absolute atomic E-state index is 0.431. The summed E-state index contributed by atoms with van der Waals surface area (Å²) in [6, 6.07) is 87.5. The van der Waals surface area contributed by atoms with Crippen molar-refractivity contribution in [3.63, 3.8) is 0 Å². The Labute approximate surface area is 437 Å². The highest BCUT2D eigenvalue weighted by atomic mass is 15.0. The standard InChI is InChI=1S/C72H53N3/c1-7-25-48(26-8-1)54-37-19-21-39-56(54)60-45-61(57-40-22-20-38-55(57)49-27-9-2-10-28-49)67-65-59-42-24-44-72(52-33-15-5-16-34-52,53-35-17-6-18-36-53)70(59)74-47-63(65)75-62-46-73-69-58(64(62)66(60)68(67)75)41-23-43-71(69,50-29-11-3-12-30-50)51-31-13-4-14-32-51/h1-22,25-40,45-47H,23-24,41-44H2. The Morgan fingerprint density at radius 2 is 0.640 bits per heavy atom. The molecular formula is C72H53N3. The molecule has 356 valence electrons. The molecule has 4 aromatic heterocycles. The predicted octanol–water partition coefficient (Wildman–Crippen LogP) is 17.6. The van der Waals surface area contributed by atoms with Gasteiger partial charge in [-0.3, -0.25) is 9.97 Å². The summed E-state index contributed by atoms with van der Waals surface area (Å²) in [7, 11) is 0. The van der Waals surface area contributed by atoms with E-state index in [-0.39, 0.29) is 0 Å². The number of hydrogen-bond acceptors (Lipinski definition) is 2. The van der Waals surface area contributed by atoms with Gasteiger partial charge >= 0.3 is 0 Å². The van der Waals surface area contributed by atoms with E-state index < -0.39 is 10.8 Å². The van der Waals surface area contributed by atoms with Gasteiger partial charge in [-0.2, -0.15) is 0 Å². The zero-order chi connectivity index (χ0) is 49.5. The van der Waals surface area contributed by atoms with E-state index in [2.05, 4.69) is 253 Å². The van der Waals surface area contributed by atoms with E-state index in [1.807, 2.05) is 0 Å². The molecule has 0 fully saturated rings. The quantitative estimate of drug-likeness (QED) is 0.152. The van der Waals surface area contributed by atoms with Crippen molar-refractivity contribution < 1.29 is 0 Å². The molecule has 9 aromatic carbocycles. The first kappa shape index (κ1) is 43.6. The van der Waals surface area contributed by atoms with Gasteiger partial charge in [0.1, 0.15) is 0 Å². The average molecular weight is 960 g/mol. The lowest BCUT2D eigenvalue weighted by atomic mass is 9.64. The van der Waals surface area contributed by atoms with Gasteiger partial charge in [-0.1, -0.05) is 231 Å². The first-order chi connectivity index (χ1) is 37.2. The van der Waals surface area contributed by atoms with Crippen molar-refractivity contribution in [1.29, 1.82) is 0 Å². The zero-order valence-electron chi connectivity index (χ0n) is 41.8. The van der Waals surface area contributed by atoms with E-state index in [1.54, 1.807) is 0 Å². The zero-order valence-corrected chi connectivity index (χ0v) is 41.8. The number of benzene rings is 9. The van der Waals surface area contributed by atoms with E-state index >= 15 is 0 Å². The number of hydrogen-bond donors (Lipinski definition) is 0. The van der Waals surface area contributed by atoms with Gasteiger partial charge in [0.15, 0.2) is 0 Å². The van der Waals surface area contributed by atoms with Gasteiger partial charge < -0.3 is 4.40 Å². The van der Waals surface area contributed by atoms with Crippen molar-refractivity contribution in [2.45, 2.75) is 49.4 Å². The second-order valence-corrected chi connectivity index (χ2v) is 20.9. The summed E-state index contributed by atoms with van der Waals surface area (Å²) in [6.45, 7) is 0. The van der Waals surface area contributed by atoms with Crippen molar-refractivity contribution >= 4 is 38.1 Å². The number of rotatable bonds is 8. The minimum Gasteiger partial charge on any atom is -0.305 e. The van der Waals surface area contributed by atoms with Crippen LogP contribution in [0.2, 0.25) is 0 Å². The highest BCUT2D eigenvalue weighted by Crippen LogP contribution is 2.57. The van der Waals surface area contributed by atoms with E-state index in [4.69, 9.17) is 9.97 Å².